The molecule has 0 spiro atoms. The minimum atomic E-state index is 0.828. The lowest BCUT2D eigenvalue weighted by Gasteiger charge is -2.00. The second kappa shape index (κ2) is 3.49. The molecular formula is C12H9BrN2O. The number of aromatic nitrogens is 2. The second-order valence-electron chi connectivity index (χ2n) is 3.54. The third-order valence-corrected chi connectivity index (χ3v) is 3.06. The van der Waals surface area contributed by atoms with Crippen molar-refractivity contribution < 1.29 is 4.74 Å². The third-order valence-electron chi connectivity index (χ3n) is 2.57. The summed E-state index contributed by atoms with van der Waals surface area (Å²) < 4.78 is 8.27. The van der Waals surface area contributed by atoms with Crippen LogP contribution in [0.2, 0.25) is 0 Å². The van der Waals surface area contributed by atoms with Crippen LogP contribution in [0.1, 0.15) is 0 Å². The number of imidazole rings is 1. The van der Waals surface area contributed by atoms with Gasteiger partial charge in [-0.25, -0.2) is 4.98 Å². The van der Waals surface area contributed by atoms with E-state index in [1.807, 2.05) is 40.9 Å². The number of hydrogen-bond acceptors (Lipinski definition) is 2. The summed E-state index contributed by atoms with van der Waals surface area (Å²) in [7, 11) is 1.66. The van der Waals surface area contributed by atoms with Gasteiger partial charge in [0.15, 0.2) is 0 Å². The fourth-order valence-corrected chi connectivity index (χ4v) is 2.14. The van der Waals surface area contributed by atoms with Gasteiger partial charge in [-0.3, -0.25) is 4.40 Å². The molecule has 4 heteroatoms. The highest BCUT2D eigenvalue weighted by molar-refractivity contribution is 9.10. The quantitative estimate of drug-likeness (QED) is 0.682. The van der Waals surface area contributed by atoms with Gasteiger partial charge in [-0.05, 0) is 30.3 Å². The van der Waals surface area contributed by atoms with Crippen LogP contribution in [0.4, 0.5) is 0 Å². The third kappa shape index (κ3) is 1.38. The van der Waals surface area contributed by atoms with E-state index < -0.39 is 0 Å². The molecule has 0 saturated carbocycles. The average molecular weight is 277 g/mol. The van der Waals surface area contributed by atoms with E-state index in [-0.39, 0.29) is 0 Å². The zero-order valence-corrected chi connectivity index (χ0v) is 10.2. The molecule has 2 heterocycles. The van der Waals surface area contributed by atoms with E-state index in [0.717, 1.165) is 26.9 Å². The van der Waals surface area contributed by atoms with Crippen molar-refractivity contribution in [2.75, 3.05) is 7.11 Å². The molecule has 2 aromatic heterocycles. The molecule has 1 aromatic carbocycles. The minimum Gasteiger partial charge on any atom is -0.495 e. The molecule has 0 aliphatic heterocycles. The normalized spacial score (nSPS) is 11.1. The van der Waals surface area contributed by atoms with Crippen LogP contribution in [-0.2, 0) is 0 Å². The highest BCUT2D eigenvalue weighted by atomic mass is 79.9. The first-order chi connectivity index (χ1) is 7.78. The van der Waals surface area contributed by atoms with Gasteiger partial charge in [-0.1, -0.05) is 15.9 Å². The van der Waals surface area contributed by atoms with Gasteiger partial charge in [0.2, 0.25) is 0 Å². The van der Waals surface area contributed by atoms with E-state index in [1.165, 1.54) is 0 Å². The number of ether oxygens (including phenoxy) is 1. The number of hydrogen-bond donors (Lipinski definition) is 0. The molecule has 3 aromatic rings. The van der Waals surface area contributed by atoms with Crippen molar-refractivity contribution in [3.8, 4) is 5.75 Å². The number of methoxy groups -OCH3 is 1. The van der Waals surface area contributed by atoms with E-state index in [9.17, 15) is 0 Å². The second-order valence-corrected chi connectivity index (χ2v) is 4.46. The van der Waals surface area contributed by atoms with Crippen LogP contribution in [-0.4, -0.2) is 16.5 Å². The van der Waals surface area contributed by atoms with E-state index in [4.69, 9.17) is 4.74 Å². The SMILES string of the molecule is COc1ccc2nc3cc(Br)ccc3n2c1. The highest BCUT2D eigenvalue weighted by Crippen LogP contribution is 2.22. The molecule has 0 N–H and O–H groups in total. The van der Waals surface area contributed by atoms with Gasteiger partial charge >= 0.3 is 0 Å². The van der Waals surface area contributed by atoms with Crippen molar-refractivity contribution in [3.63, 3.8) is 0 Å². The van der Waals surface area contributed by atoms with Gasteiger partial charge in [-0.15, -0.1) is 0 Å². The fraction of sp³-hybridized carbons (Fsp3) is 0.0833. The Labute approximate surface area is 101 Å². The standard InChI is InChI=1S/C12H9BrN2O/c1-16-9-3-5-12-14-10-6-8(13)2-4-11(10)15(12)7-9/h2-7H,1H3. The molecule has 0 atom stereocenters. The zero-order valence-electron chi connectivity index (χ0n) is 8.64. The van der Waals surface area contributed by atoms with Crippen LogP contribution in [0.5, 0.6) is 5.75 Å². The van der Waals surface area contributed by atoms with E-state index >= 15 is 0 Å². The predicted molar refractivity (Wildman–Crippen MR) is 67.0 cm³/mol. The van der Waals surface area contributed by atoms with E-state index in [1.54, 1.807) is 7.11 Å². The van der Waals surface area contributed by atoms with Crippen LogP contribution < -0.4 is 4.74 Å². The van der Waals surface area contributed by atoms with Gasteiger partial charge < -0.3 is 4.74 Å². The van der Waals surface area contributed by atoms with Crippen molar-refractivity contribution >= 4 is 32.6 Å². The molecular weight excluding hydrogens is 268 g/mol. The van der Waals surface area contributed by atoms with Crippen LogP contribution in [0, 0.1) is 0 Å². The summed E-state index contributed by atoms with van der Waals surface area (Å²) in [6.07, 6.45) is 1.94. The molecule has 0 aliphatic rings. The number of halogens is 1. The Morgan fingerprint density at radius 2 is 2.12 bits per heavy atom. The summed E-state index contributed by atoms with van der Waals surface area (Å²) in [5.41, 5.74) is 2.98. The van der Waals surface area contributed by atoms with Gasteiger partial charge in [0, 0.05) is 4.47 Å². The predicted octanol–water partition coefficient (Wildman–Crippen LogP) is 3.26. The zero-order chi connectivity index (χ0) is 11.1. The Kier molecular flexibility index (Phi) is 2.11. The van der Waals surface area contributed by atoms with E-state index in [0.29, 0.717) is 0 Å². The Morgan fingerprint density at radius 1 is 1.25 bits per heavy atom. The van der Waals surface area contributed by atoms with Gasteiger partial charge in [-0.2, -0.15) is 0 Å². The maximum absolute atomic E-state index is 5.21. The highest BCUT2D eigenvalue weighted by Gasteiger charge is 2.05. The molecule has 16 heavy (non-hydrogen) atoms. The number of fused-ring (bicyclic) bond motifs is 3. The first-order valence-electron chi connectivity index (χ1n) is 4.89. The number of nitrogens with zero attached hydrogens (tertiary/aromatic N) is 2. The molecule has 80 valence electrons. The molecule has 0 unspecified atom stereocenters. The summed E-state index contributed by atoms with van der Waals surface area (Å²) in [6.45, 7) is 0. The molecule has 3 rings (SSSR count). The van der Waals surface area contributed by atoms with Gasteiger partial charge in [0.25, 0.3) is 0 Å². The topological polar surface area (TPSA) is 26.5 Å². The Bertz CT molecular complexity index is 675. The summed E-state index contributed by atoms with van der Waals surface area (Å²) >= 11 is 3.44. The summed E-state index contributed by atoms with van der Waals surface area (Å²) in [6, 6.07) is 9.92. The van der Waals surface area contributed by atoms with Crippen LogP contribution in [0.3, 0.4) is 0 Å². The maximum Gasteiger partial charge on any atom is 0.138 e. The first-order valence-corrected chi connectivity index (χ1v) is 5.68. The van der Waals surface area contributed by atoms with Crippen LogP contribution >= 0.6 is 15.9 Å². The Morgan fingerprint density at radius 3 is 2.94 bits per heavy atom. The lowest BCUT2D eigenvalue weighted by molar-refractivity contribution is 0.412. The molecule has 0 aliphatic carbocycles. The van der Waals surface area contributed by atoms with Crippen molar-refractivity contribution in [3.05, 3.63) is 41.0 Å². The van der Waals surface area contributed by atoms with E-state index in [2.05, 4.69) is 20.9 Å². The summed E-state index contributed by atoms with van der Waals surface area (Å²) in [5.74, 6) is 0.828. The first kappa shape index (κ1) is 9.66. The average Bonchev–Trinajstić information content (AvgIpc) is 2.65. The van der Waals surface area contributed by atoms with Crippen molar-refractivity contribution in [1.82, 2.24) is 9.38 Å². The van der Waals surface area contributed by atoms with Crippen LogP contribution in [0.25, 0.3) is 16.7 Å². The summed E-state index contributed by atoms with van der Waals surface area (Å²) in [4.78, 5) is 4.53. The lowest BCUT2D eigenvalue weighted by atomic mass is 10.3. The fourth-order valence-electron chi connectivity index (χ4n) is 1.79. The van der Waals surface area contributed by atoms with Gasteiger partial charge in [0.1, 0.15) is 11.4 Å². The molecule has 0 saturated heterocycles. The Balaban J connectivity index is 2.42. The monoisotopic (exact) mass is 276 g/mol. The number of rotatable bonds is 1. The smallest absolute Gasteiger partial charge is 0.138 e. The Hall–Kier alpha value is -1.55. The van der Waals surface area contributed by atoms with Crippen molar-refractivity contribution in [1.29, 1.82) is 0 Å². The largest absolute Gasteiger partial charge is 0.495 e. The van der Waals surface area contributed by atoms with Crippen LogP contribution in [0.15, 0.2) is 41.0 Å². The van der Waals surface area contributed by atoms with Gasteiger partial charge in [0.05, 0.1) is 24.3 Å². The number of benzene rings is 1. The minimum absolute atomic E-state index is 0.828. The molecule has 0 radical (unpaired) electrons. The molecule has 3 nitrogen and oxygen atoms in total. The maximum atomic E-state index is 5.21. The molecule has 0 bridgehead atoms. The van der Waals surface area contributed by atoms with Crippen molar-refractivity contribution in [2.45, 2.75) is 0 Å². The van der Waals surface area contributed by atoms with Crippen molar-refractivity contribution in [2.24, 2.45) is 0 Å². The summed E-state index contributed by atoms with van der Waals surface area (Å²) in [5, 5.41) is 0. The number of pyridine rings is 1. The molecule has 0 amide bonds. The lowest BCUT2D eigenvalue weighted by Crippen LogP contribution is -1.88. The molecule has 0 fully saturated rings.